The average Bonchev–Trinajstić information content (AvgIpc) is 2.81. The molecule has 3 nitrogen and oxygen atoms in total. The van der Waals surface area contributed by atoms with Crippen LogP contribution in [0.4, 0.5) is 0 Å². The van der Waals surface area contributed by atoms with E-state index in [1.54, 1.807) is 0 Å². The molecule has 0 spiro atoms. The highest BCUT2D eigenvalue weighted by Gasteiger charge is 2.23. The zero-order valence-corrected chi connectivity index (χ0v) is 10.3. The van der Waals surface area contributed by atoms with Gasteiger partial charge in [0.1, 0.15) is 11.9 Å². The summed E-state index contributed by atoms with van der Waals surface area (Å²) in [5, 5.41) is -0.162. The smallest absolute Gasteiger partial charge is 0.199 e. The summed E-state index contributed by atoms with van der Waals surface area (Å²) in [5.74, 6) is 0.624. The van der Waals surface area contributed by atoms with Crippen LogP contribution >= 0.6 is 0 Å². The Labute approximate surface area is 98.0 Å². The molecular formula is C12H15NO2S. The highest BCUT2D eigenvalue weighted by atomic mass is 32.2. The Kier molecular flexibility index (Phi) is 3.39. The summed E-state index contributed by atoms with van der Waals surface area (Å²) < 4.78 is 17.5. The fourth-order valence-electron chi connectivity index (χ4n) is 1.57. The first-order chi connectivity index (χ1) is 7.68. The van der Waals surface area contributed by atoms with E-state index >= 15 is 0 Å². The highest BCUT2D eigenvalue weighted by molar-refractivity contribution is 7.86. The van der Waals surface area contributed by atoms with Gasteiger partial charge in [-0.1, -0.05) is 17.7 Å². The normalized spacial score (nSPS) is 18.8. The molecule has 1 aromatic rings. The lowest BCUT2D eigenvalue weighted by Crippen LogP contribution is -2.22. The molecule has 2 rings (SSSR count). The standard InChI is InChI=1S/C12H15NO2S/c1-9-3-5-11(6-4-9)16(14)10(2)12-13-7-8-15-12/h3-6,10H,7-8H2,1-2H3/t10?,16-/m1/s1. The molecule has 0 aromatic heterocycles. The molecule has 1 aliphatic rings. The molecule has 1 heterocycles. The molecule has 86 valence electrons. The van der Waals surface area contributed by atoms with E-state index in [1.807, 2.05) is 38.1 Å². The number of aryl methyl sites for hydroxylation is 1. The summed E-state index contributed by atoms with van der Waals surface area (Å²) in [4.78, 5) is 5.03. The van der Waals surface area contributed by atoms with Gasteiger partial charge in [0.05, 0.1) is 17.3 Å². The first-order valence-corrected chi connectivity index (χ1v) is 6.54. The van der Waals surface area contributed by atoms with Gasteiger partial charge in [0, 0.05) is 4.90 Å². The van der Waals surface area contributed by atoms with Gasteiger partial charge in [-0.2, -0.15) is 0 Å². The molecular weight excluding hydrogens is 222 g/mol. The van der Waals surface area contributed by atoms with Crippen molar-refractivity contribution in [2.45, 2.75) is 24.0 Å². The van der Waals surface area contributed by atoms with Crippen LogP contribution in [-0.4, -0.2) is 28.5 Å². The SMILES string of the molecule is Cc1ccc([S@](=O)C(C)C2=NCCO2)cc1. The van der Waals surface area contributed by atoms with Crippen molar-refractivity contribution in [3.8, 4) is 0 Å². The minimum atomic E-state index is -1.08. The van der Waals surface area contributed by atoms with Gasteiger partial charge in [0.2, 0.25) is 0 Å². The zero-order valence-electron chi connectivity index (χ0n) is 9.47. The third kappa shape index (κ3) is 2.32. The van der Waals surface area contributed by atoms with Crippen molar-refractivity contribution in [2.75, 3.05) is 13.2 Å². The van der Waals surface area contributed by atoms with Gasteiger partial charge in [-0.15, -0.1) is 0 Å². The molecule has 1 aromatic carbocycles. The molecule has 0 fully saturated rings. The number of hydrogen-bond donors (Lipinski definition) is 0. The monoisotopic (exact) mass is 237 g/mol. The Morgan fingerprint density at radius 2 is 2.06 bits per heavy atom. The summed E-state index contributed by atoms with van der Waals surface area (Å²) in [6, 6.07) is 7.74. The van der Waals surface area contributed by atoms with Gasteiger partial charge in [-0.05, 0) is 26.0 Å². The van der Waals surface area contributed by atoms with E-state index in [2.05, 4.69) is 4.99 Å². The fraction of sp³-hybridized carbons (Fsp3) is 0.417. The minimum absolute atomic E-state index is 0.162. The third-order valence-electron chi connectivity index (χ3n) is 2.53. The lowest BCUT2D eigenvalue weighted by molar-refractivity contribution is 0.340. The van der Waals surface area contributed by atoms with Crippen molar-refractivity contribution < 1.29 is 8.95 Å². The molecule has 16 heavy (non-hydrogen) atoms. The van der Waals surface area contributed by atoms with Gasteiger partial charge in [-0.25, -0.2) is 0 Å². The Morgan fingerprint density at radius 3 is 2.62 bits per heavy atom. The lowest BCUT2D eigenvalue weighted by Gasteiger charge is -2.11. The minimum Gasteiger partial charge on any atom is -0.478 e. The van der Waals surface area contributed by atoms with Crippen molar-refractivity contribution in [3.05, 3.63) is 29.8 Å². The number of aliphatic imine (C=N–C) groups is 1. The van der Waals surface area contributed by atoms with Gasteiger partial charge < -0.3 is 4.74 Å². The van der Waals surface area contributed by atoms with Crippen LogP contribution in [0.3, 0.4) is 0 Å². The first kappa shape index (κ1) is 11.3. The number of benzene rings is 1. The molecule has 0 amide bonds. The van der Waals surface area contributed by atoms with E-state index in [9.17, 15) is 4.21 Å². The quantitative estimate of drug-likeness (QED) is 0.805. The number of nitrogens with zero attached hydrogens (tertiary/aromatic N) is 1. The summed E-state index contributed by atoms with van der Waals surface area (Å²) in [6.45, 7) is 5.20. The van der Waals surface area contributed by atoms with E-state index < -0.39 is 10.8 Å². The van der Waals surface area contributed by atoms with Gasteiger partial charge in [0.25, 0.3) is 0 Å². The Balaban J connectivity index is 2.15. The number of hydrogen-bond acceptors (Lipinski definition) is 3. The molecule has 0 bridgehead atoms. The van der Waals surface area contributed by atoms with E-state index in [0.717, 1.165) is 4.90 Å². The molecule has 4 heteroatoms. The predicted octanol–water partition coefficient (Wildman–Crippen LogP) is 1.92. The molecule has 2 atom stereocenters. The molecule has 0 radical (unpaired) electrons. The van der Waals surface area contributed by atoms with E-state index in [1.165, 1.54) is 5.56 Å². The van der Waals surface area contributed by atoms with Crippen LogP contribution in [0.1, 0.15) is 12.5 Å². The van der Waals surface area contributed by atoms with Crippen LogP contribution in [0.5, 0.6) is 0 Å². The molecule has 0 saturated heterocycles. The van der Waals surface area contributed by atoms with Crippen LogP contribution in [0.2, 0.25) is 0 Å². The third-order valence-corrected chi connectivity index (χ3v) is 4.11. The maximum atomic E-state index is 12.2. The maximum absolute atomic E-state index is 12.2. The average molecular weight is 237 g/mol. The molecule has 0 N–H and O–H groups in total. The van der Waals surface area contributed by atoms with E-state index in [-0.39, 0.29) is 5.25 Å². The highest BCUT2D eigenvalue weighted by Crippen LogP contribution is 2.15. The van der Waals surface area contributed by atoms with Gasteiger partial charge >= 0.3 is 0 Å². The second-order valence-electron chi connectivity index (χ2n) is 3.82. The fourth-order valence-corrected chi connectivity index (χ4v) is 2.70. The van der Waals surface area contributed by atoms with Crippen molar-refractivity contribution in [1.82, 2.24) is 0 Å². The van der Waals surface area contributed by atoms with Crippen LogP contribution < -0.4 is 0 Å². The topological polar surface area (TPSA) is 38.7 Å². The van der Waals surface area contributed by atoms with Crippen molar-refractivity contribution >= 4 is 16.7 Å². The van der Waals surface area contributed by atoms with Gasteiger partial charge in [-0.3, -0.25) is 9.20 Å². The Hall–Kier alpha value is -1.16. The van der Waals surface area contributed by atoms with Crippen molar-refractivity contribution in [1.29, 1.82) is 0 Å². The largest absolute Gasteiger partial charge is 0.478 e. The first-order valence-electron chi connectivity index (χ1n) is 5.33. The van der Waals surface area contributed by atoms with Crippen molar-refractivity contribution in [3.63, 3.8) is 0 Å². The maximum Gasteiger partial charge on any atom is 0.199 e. The molecule has 1 aliphatic heterocycles. The predicted molar refractivity (Wildman–Crippen MR) is 65.3 cm³/mol. The molecule has 0 saturated carbocycles. The van der Waals surface area contributed by atoms with Crippen LogP contribution in [0.15, 0.2) is 34.2 Å². The zero-order chi connectivity index (χ0) is 11.5. The Morgan fingerprint density at radius 1 is 1.38 bits per heavy atom. The molecule has 1 unspecified atom stereocenters. The lowest BCUT2D eigenvalue weighted by atomic mass is 10.2. The van der Waals surface area contributed by atoms with Crippen LogP contribution in [0, 0.1) is 6.92 Å². The summed E-state index contributed by atoms with van der Waals surface area (Å²) in [5.41, 5.74) is 1.17. The number of rotatable bonds is 3. The second-order valence-corrected chi connectivity index (χ2v) is 5.59. The number of ether oxygens (including phenoxy) is 1. The van der Waals surface area contributed by atoms with E-state index in [0.29, 0.717) is 19.0 Å². The molecule has 0 aliphatic carbocycles. The summed E-state index contributed by atoms with van der Waals surface area (Å²) >= 11 is 0. The Bertz CT molecular complexity index is 425. The van der Waals surface area contributed by atoms with Crippen molar-refractivity contribution in [2.24, 2.45) is 4.99 Å². The van der Waals surface area contributed by atoms with E-state index in [4.69, 9.17) is 4.74 Å². The summed E-state index contributed by atoms with van der Waals surface area (Å²) in [7, 11) is -1.08. The van der Waals surface area contributed by atoms with Crippen LogP contribution in [-0.2, 0) is 15.5 Å². The summed E-state index contributed by atoms with van der Waals surface area (Å²) in [6.07, 6.45) is 0. The second kappa shape index (κ2) is 4.78. The van der Waals surface area contributed by atoms with Crippen LogP contribution in [0.25, 0.3) is 0 Å². The van der Waals surface area contributed by atoms with Gasteiger partial charge in [0.15, 0.2) is 5.90 Å².